The molecule has 366 valence electrons. The monoisotopic (exact) mass is 932 g/mol. The molecule has 0 unspecified atom stereocenters. The van der Waals surface area contributed by atoms with Gasteiger partial charge in [-0.05, 0) is 91.2 Å². The molecular formula is C54H81N3O8S. The van der Waals surface area contributed by atoms with Gasteiger partial charge < -0.3 is 29.3 Å². The van der Waals surface area contributed by atoms with E-state index in [1.807, 2.05) is 23.9 Å². The Labute approximate surface area is 400 Å². The second kappa shape index (κ2) is 28.2. The van der Waals surface area contributed by atoms with E-state index in [2.05, 4.69) is 36.6 Å². The van der Waals surface area contributed by atoms with Crippen molar-refractivity contribution < 1.29 is 34.2 Å². The number of aliphatic hydroxyl groups is 2. The van der Waals surface area contributed by atoms with Gasteiger partial charge in [-0.2, -0.15) is 11.8 Å². The number of non-ortho nitro benzene ring substituents is 1. The van der Waals surface area contributed by atoms with Crippen molar-refractivity contribution in [2.45, 2.75) is 165 Å². The van der Waals surface area contributed by atoms with Gasteiger partial charge in [-0.3, -0.25) is 15.0 Å². The van der Waals surface area contributed by atoms with Crippen LogP contribution in [0, 0.1) is 27.9 Å². The van der Waals surface area contributed by atoms with E-state index in [9.17, 15) is 20.3 Å². The predicted octanol–water partition coefficient (Wildman–Crippen LogP) is 12.3. The highest BCUT2D eigenvalue weighted by Crippen LogP contribution is 2.62. The summed E-state index contributed by atoms with van der Waals surface area (Å²) in [5.74, 6) is 1.80. The lowest BCUT2D eigenvalue weighted by Gasteiger charge is -2.58. The second-order valence-electron chi connectivity index (χ2n) is 19.1. The van der Waals surface area contributed by atoms with E-state index in [0.29, 0.717) is 19.6 Å². The lowest BCUT2D eigenvalue weighted by atomic mass is 9.56. The third-order valence-corrected chi connectivity index (χ3v) is 15.6. The molecule has 6 rings (SSSR count). The normalized spacial score (nSPS) is 23.7. The van der Waals surface area contributed by atoms with E-state index in [-0.39, 0.29) is 54.4 Å². The molecule has 2 aliphatic heterocycles. The Kier molecular flexibility index (Phi) is 22.2. The minimum Gasteiger partial charge on any atom is -0.492 e. The van der Waals surface area contributed by atoms with Crippen molar-refractivity contribution in [3.8, 4) is 11.5 Å². The van der Waals surface area contributed by atoms with Gasteiger partial charge in [0.15, 0.2) is 0 Å². The van der Waals surface area contributed by atoms with Crippen molar-refractivity contribution in [2.75, 3.05) is 51.8 Å². The summed E-state index contributed by atoms with van der Waals surface area (Å²) in [5.41, 5.74) is 3.94. The Morgan fingerprint density at radius 2 is 1.56 bits per heavy atom. The number of hydrogen-bond acceptors (Lipinski definition) is 11. The number of hydrogen-bond donors (Lipinski definition) is 2. The number of rotatable bonds is 35. The molecule has 0 amide bonds. The average molecular weight is 932 g/mol. The zero-order chi connectivity index (χ0) is 46.4. The van der Waals surface area contributed by atoms with Crippen LogP contribution in [-0.4, -0.2) is 88.6 Å². The summed E-state index contributed by atoms with van der Waals surface area (Å²) in [4.78, 5) is 19.5. The summed E-state index contributed by atoms with van der Waals surface area (Å²) in [6.07, 6.45) is 28.4. The van der Waals surface area contributed by atoms with Crippen molar-refractivity contribution in [3.63, 3.8) is 0 Å². The molecular weight excluding hydrogens is 851 g/mol. The lowest BCUT2D eigenvalue weighted by Crippen LogP contribution is -2.64. The molecule has 0 bridgehead atoms. The van der Waals surface area contributed by atoms with Gasteiger partial charge in [0.2, 0.25) is 5.79 Å². The molecule has 2 aromatic rings. The first-order valence-corrected chi connectivity index (χ1v) is 26.9. The molecule has 0 spiro atoms. The number of thioether (sulfide) groups is 1. The number of allylic oxidation sites excluding steroid dienone is 1. The van der Waals surface area contributed by atoms with Crippen LogP contribution in [0.1, 0.15) is 159 Å². The number of fused-ring (bicyclic) bond motifs is 2. The molecule has 1 saturated carbocycles. The maximum absolute atomic E-state index is 11.4. The first-order valence-electron chi connectivity index (χ1n) is 25.8. The van der Waals surface area contributed by atoms with Gasteiger partial charge in [-0.1, -0.05) is 121 Å². The first kappa shape index (κ1) is 52.0. The van der Waals surface area contributed by atoms with Gasteiger partial charge in [0.25, 0.3) is 5.69 Å². The van der Waals surface area contributed by atoms with Crippen LogP contribution < -0.4 is 9.47 Å². The summed E-state index contributed by atoms with van der Waals surface area (Å²) in [5, 5.41) is 36.1. The number of nitro groups is 1. The van der Waals surface area contributed by atoms with Crippen LogP contribution in [0.2, 0.25) is 0 Å². The Bertz CT molecular complexity index is 1820. The fourth-order valence-corrected chi connectivity index (χ4v) is 12.0. The Morgan fingerprint density at radius 3 is 2.20 bits per heavy atom. The van der Waals surface area contributed by atoms with Crippen LogP contribution in [-0.2, 0) is 16.2 Å². The van der Waals surface area contributed by atoms with Gasteiger partial charge in [0, 0.05) is 62.9 Å². The molecule has 1 saturated heterocycles. The van der Waals surface area contributed by atoms with Crippen LogP contribution in [0.4, 0.5) is 5.69 Å². The number of aliphatic hydroxyl groups excluding tert-OH is 2. The molecule has 2 aliphatic carbocycles. The van der Waals surface area contributed by atoms with E-state index in [1.165, 1.54) is 95.6 Å². The molecule has 2 heterocycles. The predicted molar refractivity (Wildman–Crippen MR) is 268 cm³/mol. The van der Waals surface area contributed by atoms with Gasteiger partial charge in [-0.25, -0.2) is 0 Å². The number of oxime groups is 1. The first-order chi connectivity index (χ1) is 32.4. The highest BCUT2D eigenvalue weighted by molar-refractivity contribution is 8.00. The van der Waals surface area contributed by atoms with Crippen LogP contribution in [0.3, 0.4) is 0 Å². The number of unbranched alkanes of at least 4 members (excludes halogenated alkanes) is 15. The summed E-state index contributed by atoms with van der Waals surface area (Å²) in [7, 11) is 0. The second-order valence-corrected chi connectivity index (χ2v) is 20.4. The van der Waals surface area contributed by atoms with Crippen molar-refractivity contribution in [1.29, 1.82) is 0 Å². The molecule has 0 aromatic heterocycles. The SMILES string of the molecule is C=CCO[C@@]12Oc3ccc(OCCN4CC4)cc3[C@H]3[C@H](CCCCO)[C@@H](CCCCO)C=C(C(=NOCc4ccc([N+](=O)[O-])cc4)C[C@@H]1SCCCCCCCCCCCCCCCC)[C@H]32. The van der Waals surface area contributed by atoms with Gasteiger partial charge >= 0.3 is 0 Å². The van der Waals surface area contributed by atoms with E-state index < -0.39 is 10.7 Å². The average Bonchev–Trinajstić information content (AvgIpc) is 4.16. The third-order valence-electron chi connectivity index (χ3n) is 14.2. The zero-order valence-electron chi connectivity index (χ0n) is 40.1. The molecule has 12 heteroatoms. The van der Waals surface area contributed by atoms with E-state index in [4.69, 9.17) is 24.2 Å². The van der Waals surface area contributed by atoms with Crippen molar-refractivity contribution >= 4 is 23.2 Å². The largest absolute Gasteiger partial charge is 0.492 e. The highest BCUT2D eigenvalue weighted by Gasteiger charge is 2.64. The van der Waals surface area contributed by atoms with Crippen LogP contribution >= 0.6 is 11.8 Å². The number of nitrogens with zero attached hydrogens (tertiary/aromatic N) is 3. The molecule has 0 radical (unpaired) electrons. The molecule has 4 aliphatic rings. The Hall–Kier alpha value is -3.42. The standard InChI is InChI=1S/C54H81N3O8S/c1-3-5-6-7-8-9-10-11-12-13-14-15-16-21-37-66-51-40-49(55-64-41-42-24-26-44(27-25-42)57(60)61)47-38-43(22-17-19-33-58)46(23-18-20-34-59)52-48-39-45(62-36-32-56-30-31-56)28-29-50(48)65-54(51,53(47)52)63-35-4-2/h4,24-29,38-39,43,46,51-53,58-59H,2-3,5-23,30-37,40-41H2,1H3/t43-,46+,51-,52+,53+,54+/m0/s1. The third kappa shape index (κ3) is 15.0. The van der Waals surface area contributed by atoms with Crippen LogP contribution in [0.5, 0.6) is 11.5 Å². The summed E-state index contributed by atoms with van der Waals surface area (Å²) in [6, 6.07) is 12.8. The van der Waals surface area contributed by atoms with E-state index in [1.54, 1.807) is 12.1 Å². The topological polar surface area (TPSA) is 136 Å². The zero-order valence-corrected chi connectivity index (χ0v) is 40.9. The summed E-state index contributed by atoms with van der Waals surface area (Å²) < 4.78 is 20.9. The van der Waals surface area contributed by atoms with Crippen molar-refractivity contribution in [3.05, 3.63) is 88.0 Å². The Balaban J connectivity index is 1.27. The maximum atomic E-state index is 11.4. The molecule has 2 N–H and O–H groups in total. The molecule has 66 heavy (non-hydrogen) atoms. The van der Waals surface area contributed by atoms with Gasteiger partial charge in [0.1, 0.15) is 24.7 Å². The molecule has 6 atom stereocenters. The maximum Gasteiger partial charge on any atom is 0.269 e. The van der Waals surface area contributed by atoms with Gasteiger partial charge in [0.05, 0.1) is 28.4 Å². The smallest absolute Gasteiger partial charge is 0.269 e. The lowest BCUT2D eigenvalue weighted by molar-refractivity contribution is -0.384. The minimum atomic E-state index is -1.01. The van der Waals surface area contributed by atoms with E-state index >= 15 is 0 Å². The van der Waals surface area contributed by atoms with E-state index in [0.717, 1.165) is 104 Å². The van der Waals surface area contributed by atoms with Crippen molar-refractivity contribution in [1.82, 2.24) is 4.90 Å². The number of benzene rings is 2. The molecule has 2 aromatic carbocycles. The fraction of sp³-hybridized carbons (Fsp3) is 0.685. The van der Waals surface area contributed by atoms with Crippen LogP contribution in [0.25, 0.3) is 0 Å². The van der Waals surface area contributed by atoms with Gasteiger partial charge in [-0.15, -0.1) is 6.58 Å². The Morgan fingerprint density at radius 1 is 0.894 bits per heavy atom. The summed E-state index contributed by atoms with van der Waals surface area (Å²) >= 11 is 1.93. The number of nitro benzene ring substituents is 1. The highest BCUT2D eigenvalue weighted by atomic mass is 32.2. The summed E-state index contributed by atoms with van der Waals surface area (Å²) in [6.45, 7) is 11.0. The molecule has 11 nitrogen and oxygen atoms in total. The quantitative estimate of drug-likeness (QED) is 0.0226. The van der Waals surface area contributed by atoms with Crippen LogP contribution in [0.15, 0.2) is 71.9 Å². The minimum absolute atomic E-state index is 0.00329. The van der Waals surface area contributed by atoms with Crippen molar-refractivity contribution in [2.24, 2.45) is 22.9 Å². The fourth-order valence-electron chi connectivity index (χ4n) is 10.6. The number of ether oxygens (including phenoxy) is 3. The molecule has 2 fully saturated rings.